The molecule has 0 spiro atoms. The molecule has 0 saturated heterocycles. The average molecular weight is 459 g/mol. The zero-order valence-electron chi connectivity index (χ0n) is 17.5. The Morgan fingerprint density at radius 2 is 0.938 bits per heavy atom. The maximum absolute atomic E-state index is 11.2. The molecule has 0 saturated carbocycles. The third-order valence-electron chi connectivity index (χ3n) is 4.09. The van der Waals surface area contributed by atoms with E-state index in [0.29, 0.717) is 22.7 Å². The normalized spacial score (nSPS) is 11.5. The van der Waals surface area contributed by atoms with Crippen LogP contribution >= 0.6 is 0 Å². The number of hydrogen-bond donors (Lipinski definition) is 0. The van der Waals surface area contributed by atoms with Crippen LogP contribution in [0.2, 0.25) is 0 Å². The van der Waals surface area contributed by atoms with E-state index >= 15 is 0 Å². The summed E-state index contributed by atoms with van der Waals surface area (Å²) < 4.78 is 67.3. The number of hydrogen-bond acceptors (Lipinski definition) is 9. The second kappa shape index (κ2) is 11.3. The average Bonchev–Trinajstić information content (AvgIpc) is 2.69. The van der Waals surface area contributed by atoms with Gasteiger partial charge in [-0.25, -0.2) is 16.8 Å². The maximum Gasteiger partial charge on any atom is 1.00 e. The number of benzene rings is 3. The molecule has 0 aliphatic rings. The van der Waals surface area contributed by atoms with Crippen LogP contribution in [0.5, 0.6) is 0 Å². The zero-order chi connectivity index (χ0) is 21.9. The van der Waals surface area contributed by atoms with Crippen molar-refractivity contribution in [3.63, 3.8) is 0 Å². The van der Waals surface area contributed by atoms with Gasteiger partial charge in [0.25, 0.3) is 0 Å². The van der Waals surface area contributed by atoms with Crippen LogP contribution in [0, 0.1) is 0 Å². The van der Waals surface area contributed by atoms with Crippen LogP contribution in [0.1, 0.15) is 0 Å². The van der Waals surface area contributed by atoms with Crippen molar-refractivity contribution in [2.45, 2.75) is 9.79 Å². The van der Waals surface area contributed by atoms with Gasteiger partial charge in [0.05, 0.1) is 15.5 Å². The van der Waals surface area contributed by atoms with E-state index in [1.807, 2.05) is 0 Å². The Bertz CT molecular complexity index is 1200. The fourth-order valence-electron chi connectivity index (χ4n) is 2.75. The summed E-state index contributed by atoms with van der Waals surface area (Å²) in [5.41, 5.74) is 2.26. The summed E-state index contributed by atoms with van der Waals surface area (Å²) in [5, 5.41) is 7.63. The molecule has 156 valence electrons. The van der Waals surface area contributed by atoms with E-state index in [2.05, 4.69) is 10.2 Å². The van der Waals surface area contributed by atoms with Crippen LogP contribution in [0.25, 0.3) is 0 Å². The van der Waals surface area contributed by atoms with Crippen LogP contribution in [0.15, 0.2) is 92.8 Å². The molecule has 0 aliphatic heterocycles. The molecule has 0 fully saturated rings. The first-order valence-corrected chi connectivity index (χ1v) is 11.2. The van der Waals surface area contributed by atoms with Crippen LogP contribution in [-0.2, 0) is 20.2 Å². The monoisotopic (exact) mass is 459 g/mol. The van der Waals surface area contributed by atoms with Crippen molar-refractivity contribution in [2.75, 3.05) is 11.9 Å². The minimum Gasteiger partial charge on any atom is -0.744 e. The number of rotatable bonds is 6. The second-order valence-electron chi connectivity index (χ2n) is 6.05. The Balaban J connectivity index is 0.00000256. The summed E-state index contributed by atoms with van der Waals surface area (Å²) in [7, 11) is -7.66. The molecular formula is C19H15Li2N3O6S2. The smallest absolute Gasteiger partial charge is 0.744 e. The first-order chi connectivity index (χ1) is 14.1. The Morgan fingerprint density at radius 3 is 1.22 bits per heavy atom. The van der Waals surface area contributed by atoms with Crippen molar-refractivity contribution in [3.8, 4) is 0 Å². The molecule has 0 aliphatic carbocycles. The summed E-state index contributed by atoms with van der Waals surface area (Å²) >= 11 is 0. The van der Waals surface area contributed by atoms with Crippen LogP contribution < -0.4 is 42.6 Å². The Labute approximate surface area is 210 Å². The van der Waals surface area contributed by atoms with Crippen molar-refractivity contribution in [1.29, 1.82) is 0 Å². The van der Waals surface area contributed by atoms with E-state index in [1.54, 1.807) is 29.2 Å². The second-order valence-corrected chi connectivity index (χ2v) is 8.81. The van der Waals surface area contributed by atoms with E-state index in [9.17, 15) is 25.9 Å². The Kier molecular flexibility index (Phi) is 9.91. The maximum atomic E-state index is 11.2. The molecule has 3 aromatic carbocycles. The Hall–Kier alpha value is -1.93. The minimum absolute atomic E-state index is 0. The first kappa shape index (κ1) is 28.1. The Morgan fingerprint density at radius 1 is 0.625 bits per heavy atom. The molecule has 0 heterocycles. The van der Waals surface area contributed by atoms with Crippen molar-refractivity contribution >= 4 is 43.0 Å². The molecule has 3 aromatic rings. The summed E-state index contributed by atoms with van der Waals surface area (Å²) in [6.07, 6.45) is 0. The van der Waals surface area contributed by atoms with Gasteiger partial charge in [0.2, 0.25) is 0 Å². The molecule has 32 heavy (non-hydrogen) atoms. The van der Waals surface area contributed by atoms with Gasteiger partial charge in [-0.05, 0) is 72.8 Å². The standard InChI is InChI=1S/C19H17N3O6S2.2Li/c1-20-21-14-2-4-15(5-3-14)22(16-6-10-18(11-7-16)29(23,24)25)17-8-12-19(13-9-17)30(26,27)28;;/h2-13H,1H3,(H,23,24,25)(H,26,27,28);;/q;2*+1/p-2. The molecule has 0 bridgehead atoms. The fraction of sp³-hybridized carbons (Fsp3) is 0.0526. The largest absolute Gasteiger partial charge is 1.00 e. The molecule has 13 heteroatoms. The van der Waals surface area contributed by atoms with Crippen molar-refractivity contribution in [3.05, 3.63) is 72.8 Å². The van der Waals surface area contributed by atoms with E-state index in [4.69, 9.17) is 0 Å². The zero-order valence-corrected chi connectivity index (χ0v) is 19.2. The summed E-state index contributed by atoms with van der Waals surface area (Å²) in [6.45, 7) is 0. The molecule has 0 unspecified atom stereocenters. The number of anilines is 3. The van der Waals surface area contributed by atoms with Gasteiger partial charge >= 0.3 is 37.7 Å². The first-order valence-electron chi connectivity index (χ1n) is 8.41. The number of nitrogens with zero attached hydrogens (tertiary/aromatic N) is 3. The predicted molar refractivity (Wildman–Crippen MR) is 107 cm³/mol. The van der Waals surface area contributed by atoms with Crippen molar-refractivity contribution in [2.24, 2.45) is 10.2 Å². The van der Waals surface area contributed by atoms with Gasteiger partial charge in [0.15, 0.2) is 0 Å². The van der Waals surface area contributed by atoms with Crippen LogP contribution in [0.4, 0.5) is 22.7 Å². The molecular weight excluding hydrogens is 444 g/mol. The molecule has 0 aromatic heterocycles. The summed E-state index contributed by atoms with van der Waals surface area (Å²) in [6, 6.07) is 17.4. The van der Waals surface area contributed by atoms with Crippen molar-refractivity contribution < 1.29 is 63.7 Å². The van der Waals surface area contributed by atoms with Crippen molar-refractivity contribution in [1.82, 2.24) is 0 Å². The predicted octanol–water partition coefficient (Wildman–Crippen LogP) is -2.31. The number of azo groups is 1. The third-order valence-corrected chi connectivity index (χ3v) is 5.79. The van der Waals surface area contributed by atoms with Gasteiger partial charge in [0.1, 0.15) is 20.2 Å². The van der Waals surface area contributed by atoms with Gasteiger partial charge in [0, 0.05) is 24.1 Å². The summed E-state index contributed by atoms with van der Waals surface area (Å²) in [5.74, 6) is 0. The van der Waals surface area contributed by atoms with Gasteiger partial charge in [-0.1, -0.05) is 0 Å². The summed E-state index contributed by atoms with van der Waals surface area (Å²) in [4.78, 5) is 0.935. The SMILES string of the molecule is CN=Nc1ccc(N(c2ccc(S(=O)(=O)[O-])cc2)c2ccc(S(=O)(=O)[O-])cc2)cc1.[Li+].[Li+]. The van der Waals surface area contributed by atoms with Gasteiger partial charge in [-0.2, -0.15) is 10.2 Å². The molecule has 0 N–H and O–H groups in total. The van der Waals surface area contributed by atoms with E-state index < -0.39 is 20.2 Å². The van der Waals surface area contributed by atoms with Crippen LogP contribution in [-0.4, -0.2) is 33.0 Å². The van der Waals surface area contributed by atoms with Crippen LogP contribution in [0.3, 0.4) is 0 Å². The quantitative estimate of drug-likeness (QED) is 0.229. The minimum atomic E-state index is -4.60. The van der Waals surface area contributed by atoms with E-state index in [0.717, 1.165) is 0 Å². The van der Waals surface area contributed by atoms with Gasteiger partial charge in [-0.15, -0.1) is 0 Å². The molecule has 0 atom stereocenters. The van der Waals surface area contributed by atoms with E-state index in [-0.39, 0.29) is 47.5 Å². The molecule has 0 amide bonds. The van der Waals surface area contributed by atoms with Gasteiger partial charge < -0.3 is 14.0 Å². The van der Waals surface area contributed by atoms with Gasteiger partial charge in [-0.3, -0.25) is 0 Å². The molecule has 9 nitrogen and oxygen atoms in total. The molecule has 3 rings (SSSR count). The third kappa shape index (κ3) is 6.78. The topological polar surface area (TPSA) is 142 Å². The van der Waals surface area contributed by atoms with E-state index in [1.165, 1.54) is 55.6 Å². The fourth-order valence-corrected chi connectivity index (χ4v) is 3.69. The molecule has 0 radical (unpaired) electrons.